The lowest BCUT2D eigenvalue weighted by molar-refractivity contribution is -0.128. The molecule has 1 aliphatic rings. The van der Waals surface area contributed by atoms with E-state index in [2.05, 4.69) is 12.2 Å². The molecule has 1 aliphatic carbocycles. The smallest absolute Gasteiger partial charge is 0.219 e. The fourth-order valence-corrected chi connectivity index (χ4v) is 1.52. The van der Waals surface area contributed by atoms with Crippen LogP contribution in [0.25, 0.3) is 0 Å². The lowest BCUT2D eigenvalue weighted by Crippen LogP contribution is -2.33. The molecule has 0 fully saturated rings. The van der Waals surface area contributed by atoms with E-state index in [0.29, 0.717) is 6.04 Å². The summed E-state index contributed by atoms with van der Waals surface area (Å²) in [6.45, 7) is 1.62. The highest BCUT2D eigenvalue weighted by atomic mass is 16.2. The molecule has 2 nitrogen and oxygen atoms in total. The SMILES string of the molecule is CC(=O)N(C)C1C=CCCCC1. The van der Waals surface area contributed by atoms with Gasteiger partial charge in [-0.3, -0.25) is 4.79 Å². The Hall–Kier alpha value is -0.790. The molecule has 1 atom stereocenters. The maximum Gasteiger partial charge on any atom is 0.219 e. The van der Waals surface area contributed by atoms with Crippen LogP contribution in [-0.4, -0.2) is 23.9 Å². The van der Waals surface area contributed by atoms with E-state index in [1.165, 1.54) is 19.3 Å². The maximum atomic E-state index is 11.0. The molecule has 68 valence electrons. The topological polar surface area (TPSA) is 20.3 Å². The number of amides is 1. The van der Waals surface area contributed by atoms with Gasteiger partial charge in [-0.25, -0.2) is 0 Å². The molecule has 0 bridgehead atoms. The van der Waals surface area contributed by atoms with Crippen molar-refractivity contribution in [2.45, 2.75) is 38.6 Å². The molecule has 0 aliphatic heterocycles. The Kier molecular flexibility index (Phi) is 3.32. The number of allylic oxidation sites excluding steroid dienone is 1. The van der Waals surface area contributed by atoms with Gasteiger partial charge in [0.2, 0.25) is 5.91 Å². The van der Waals surface area contributed by atoms with Crippen LogP contribution in [0.2, 0.25) is 0 Å². The molecule has 0 radical (unpaired) electrons. The van der Waals surface area contributed by atoms with Crippen molar-refractivity contribution in [3.63, 3.8) is 0 Å². The van der Waals surface area contributed by atoms with Crippen molar-refractivity contribution in [1.29, 1.82) is 0 Å². The van der Waals surface area contributed by atoms with Crippen LogP contribution in [-0.2, 0) is 4.79 Å². The fraction of sp³-hybridized carbons (Fsp3) is 0.700. The summed E-state index contributed by atoms with van der Waals surface area (Å²) >= 11 is 0. The molecule has 1 unspecified atom stereocenters. The van der Waals surface area contributed by atoms with E-state index in [1.54, 1.807) is 6.92 Å². The van der Waals surface area contributed by atoms with Gasteiger partial charge in [0.05, 0.1) is 0 Å². The zero-order valence-electron chi connectivity index (χ0n) is 7.92. The van der Waals surface area contributed by atoms with Crippen molar-refractivity contribution in [1.82, 2.24) is 4.90 Å². The molecular formula is C10H17NO. The summed E-state index contributed by atoms with van der Waals surface area (Å²) in [5.41, 5.74) is 0. The molecule has 0 N–H and O–H groups in total. The quantitative estimate of drug-likeness (QED) is 0.547. The van der Waals surface area contributed by atoms with Gasteiger partial charge in [0, 0.05) is 20.0 Å². The molecule has 1 rings (SSSR count). The standard InChI is InChI=1S/C10H17NO/c1-9(12)11(2)10-7-5-3-4-6-8-10/h5,7,10H,3-4,6,8H2,1-2H3. The second kappa shape index (κ2) is 4.29. The highest BCUT2D eigenvalue weighted by Gasteiger charge is 2.14. The first-order valence-corrected chi connectivity index (χ1v) is 4.62. The second-order valence-corrected chi connectivity index (χ2v) is 3.41. The number of hydrogen-bond donors (Lipinski definition) is 0. The van der Waals surface area contributed by atoms with E-state index in [-0.39, 0.29) is 5.91 Å². The van der Waals surface area contributed by atoms with Gasteiger partial charge >= 0.3 is 0 Å². The number of likely N-dealkylation sites (N-methyl/N-ethyl adjacent to an activating group) is 1. The van der Waals surface area contributed by atoms with Crippen LogP contribution in [0.15, 0.2) is 12.2 Å². The largest absolute Gasteiger partial charge is 0.340 e. The van der Waals surface area contributed by atoms with Crippen molar-refractivity contribution in [2.75, 3.05) is 7.05 Å². The van der Waals surface area contributed by atoms with Crippen molar-refractivity contribution in [2.24, 2.45) is 0 Å². The summed E-state index contributed by atoms with van der Waals surface area (Å²) < 4.78 is 0. The molecule has 0 spiro atoms. The number of rotatable bonds is 1. The second-order valence-electron chi connectivity index (χ2n) is 3.41. The van der Waals surface area contributed by atoms with Crippen LogP contribution < -0.4 is 0 Å². The van der Waals surface area contributed by atoms with Crippen molar-refractivity contribution >= 4 is 5.91 Å². The van der Waals surface area contributed by atoms with E-state index in [1.807, 2.05) is 11.9 Å². The number of nitrogens with zero attached hydrogens (tertiary/aromatic N) is 1. The lowest BCUT2D eigenvalue weighted by atomic mass is 10.1. The summed E-state index contributed by atoms with van der Waals surface area (Å²) in [7, 11) is 1.88. The lowest BCUT2D eigenvalue weighted by Gasteiger charge is -2.23. The third-order valence-corrected chi connectivity index (χ3v) is 2.47. The van der Waals surface area contributed by atoms with Crippen LogP contribution in [0.1, 0.15) is 32.6 Å². The zero-order valence-corrected chi connectivity index (χ0v) is 7.92. The van der Waals surface area contributed by atoms with E-state index in [4.69, 9.17) is 0 Å². The monoisotopic (exact) mass is 167 g/mol. The van der Waals surface area contributed by atoms with E-state index in [9.17, 15) is 4.79 Å². The summed E-state index contributed by atoms with van der Waals surface area (Å²) in [4.78, 5) is 12.9. The Morgan fingerprint density at radius 2 is 2.25 bits per heavy atom. The Morgan fingerprint density at radius 3 is 2.92 bits per heavy atom. The first-order chi connectivity index (χ1) is 5.72. The van der Waals surface area contributed by atoms with Crippen LogP contribution in [0.5, 0.6) is 0 Å². The Labute approximate surface area is 74.2 Å². The van der Waals surface area contributed by atoms with Gasteiger partial charge < -0.3 is 4.90 Å². The zero-order chi connectivity index (χ0) is 8.97. The minimum Gasteiger partial charge on any atom is -0.340 e. The molecular weight excluding hydrogens is 150 g/mol. The molecule has 0 saturated carbocycles. The van der Waals surface area contributed by atoms with Gasteiger partial charge in [0.15, 0.2) is 0 Å². The highest BCUT2D eigenvalue weighted by molar-refractivity contribution is 5.73. The van der Waals surface area contributed by atoms with E-state index >= 15 is 0 Å². The van der Waals surface area contributed by atoms with Crippen molar-refractivity contribution in [3.8, 4) is 0 Å². The predicted octanol–water partition coefficient (Wildman–Crippen LogP) is 1.96. The van der Waals surface area contributed by atoms with Gasteiger partial charge in [-0.05, 0) is 19.3 Å². The fourth-order valence-electron chi connectivity index (χ4n) is 1.52. The first-order valence-electron chi connectivity index (χ1n) is 4.62. The summed E-state index contributed by atoms with van der Waals surface area (Å²) in [5, 5.41) is 0. The average molecular weight is 167 g/mol. The van der Waals surface area contributed by atoms with Crippen LogP contribution in [0, 0.1) is 0 Å². The van der Waals surface area contributed by atoms with Crippen molar-refractivity contribution in [3.05, 3.63) is 12.2 Å². The number of hydrogen-bond acceptors (Lipinski definition) is 1. The molecule has 0 saturated heterocycles. The Morgan fingerprint density at radius 1 is 1.50 bits per heavy atom. The third-order valence-electron chi connectivity index (χ3n) is 2.47. The third kappa shape index (κ3) is 2.36. The van der Waals surface area contributed by atoms with E-state index < -0.39 is 0 Å². The van der Waals surface area contributed by atoms with Gasteiger partial charge in [0.25, 0.3) is 0 Å². The molecule has 0 aromatic heterocycles. The average Bonchev–Trinajstić information content (AvgIpc) is 2.30. The van der Waals surface area contributed by atoms with Crippen LogP contribution in [0.3, 0.4) is 0 Å². The van der Waals surface area contributed by atoms with Gasteiger partial charge in [-0.2, -0.15) is 0 Å². The molecule has 0 aromatic rings. The van der Waals surface area contributed by atoms with Crippen LogP contribution in [0.4, 0.5) is 0 Å². The molecule has 1 amide bonds. The Balaban J connectivity index is 2.53. The molecule has 0 aromatic carbocycles. The maximum absolute atomic E-state index is 11.0. The first kappa shape index (κ1) is 9.30. The normalized spacial score (nSPS) is 23.3. The Bertz CT molecular complexity index is 186. The summed E-state index contributed by atoms with van der Waals surface area (Å²) in [6.07, 6.45) is 9.13. The number of carbonyl (C=O) groups is 1. The molecule has 0 heterocycles. The van der Waals surface area contributed by atoms with E-state index in [0.717, 1.165) is 6.42 Å². The predicted molar refractivity (Wildman–Crippen MR) is 49.8 cm³/mol. The van der Waals surface area contributed by atoms with Gasteiger partial charge in [-0.1, -0.05) is 18.6 Å². The van der Waals surface area contributed by atoms with Crippen molar-refractivity contribution < 1.29 is 4.79 Å². The van der Waals surface area contributed by atoms with Gasteiger partial charge in [0.1, 0.15) is 0 Å². The number of carbonyl (C=O) groups excluding carboxylic acids is 1. The van der Waals surface area contributed by atoms with Crippen LogP contribution >= 0.6 is 0 Å². The molecule has 12 heavy (non-hydrogen) atoms. The molecule has 2 heteroatoms. The van der Waals surface area contributed by atoms with Gasteiger partial charge in [-0.15, -0.1) is 0 Å². The summed E-state index contributed by atoms with van der Waals surface area (Å²) in [6, 6.07) is 0.338. The summed E-state index contributed by atoms with van der Waals surface area (Å²) in [5.74, 6) is 0.159. The highest BCUT2D eigenvalue weighted by Crippen LogP contribution is 2.15. The minimum atomic E-state index is 0.159. The minimum absolute atomic E-state index is 0.159.